The molecule has 2 aromatic heterocycles. The fourth-order valence-electron chi connectivity index (χ4n) is 3.62. The van der Waals surface area contributed by atoms with E-state index in [0.717, 1.165) is 55.2 Å². The van der Waals surface area contributed by atoms with Crippen LogP contribution in [0.5, 0.6) is 0 Å². The van der Waals surface area contributed by atoms with Crippen molar-refractivity contribution < 1.29 is 4.74 Å². The van der Waals surface area contributed by atoms with E-state index in [2.05, 4.69) is 42.6 Å². The largest absolute Gasteiger partial charge is 0.377 e. The quantitative estimate of drug-likeness (QED) is 0.854. The lowest BCUT2D eigenvalue weighted by Crippen LogP contribution is -2.42. The third-order valence-electron chi connectivity index (χ3n) is 5.08. The molecule has 0 aromatic carbocycles. The Balaban J connectivity index is 1.93. The molecule has 1 aliphatic carbocycles. The maximum Gasteiger partial charge on any atom is 0.184 e. The average Bonchev–Trinajstić information content (AvgIpc) is 3.20. The van der Waals surface area contributed by atoms with Gasteiger partial charge in [0.05, 0.1) is 23.4 Å². The molecule has 2 aromatic rings. The summed E-state index contributed by atoms with van der Waals surface area (Å²) in [5, 5.41) is 11.9. The monoisotopic (exact) mass is 360 g/mol. The summed E-state index contributed by atoms with van der Waals surface area (Å²) >= 11 is 0. The molecule has 26 heavy (non-hydrogen) atoms. The van der Waals surface area contributed by atoms with Gasteiger partial charge in [-0.2, -0.15) is 10.2 Å². The second-order valence-electron chi connectivity index (χ2n) is 8.37. The van der Waals surface area contributed by atoms with Gasteiger partial charge in [-0.15, -0.1) is 0 Å². The number of rotatable bonds is 5. The van der Waals surface area contributed by atoms with Gasteiger partial charge in [-0.1, -0.05) is 6.92 Å². The van der Waals surface area contributed by atoms with Gasteiger partial charge in [0.1, 0.15) is 5.82 Å². The number of aromatic nitrogens is 5. The van der Waals surface area contributed by atoms with Crippen LogP contribution in [0.4, 0.5) is 0 Å². The van der Waals surface area contributed by atoms with Crippen LogP contribution in [0.25, 0.3) is 11.4 Å². The minimum atomic E-state index is -0.141. The van der Waals surface area contributed by atoms with E-state index in [0.29, 0.717) is 5.92 Å². The van der Waals surface area contributed by atoms with Crippen molar-refractivity contribution in [2.45, 2.75) is 83.9 Å². The van der Waals surface area contributed by atoms with E-state index in [9.17, 15) is 0 Å². The van der Waals surface area contributed by atoms with E-state index in [1.54, 1.807) is 6.20 Å². The topological polar surface area (TPSA) is 94.6 Å². The highest BCUT2D eigenvalue weighted by Crippen LogP contribution is 2.36. The predicted molar refractivity (Wildman–Crippen MR) is 102 cm³/mol. The summed E-state index contributed by atoms with van der Waals surface area (Å²) in [4.78, 5) is 4.94. The van der Waals surface area contributed by atoms with Crippen molar-refractivity contribution in [3.8, 4) is 11.4 Å². The summed E-state index contributed by atoms with van der Waals surface area (Å²) < 4.78 is 8.10. The van der Waals surface area contributed by atoms with Crippen LogP contribution in [-0.2, 0) is 10.3 Å². The van der Waals surface area contributed by atoms with Crippen LogP contribution in [-0.4, -0.2) is 43.7 Å². The lowest BCUT2D eigenvalue weighted by Gasteiger charge is -2.34. The second kappa shape index (κ2) is 7.48. The maximum absolute atomic E-state index is 6.31. The van der Waals surface area contributed by atoms with E-state index in [1.807, 2.05) is 6.92 Å². The molecule has 0 radical (unpaired) electrons. The second-order valence-corrected chi connectivity index (χ2v) is 8.37. The highest BCUT2D eigenvalue weighted by molar-refractivity contribution is 5.56. The van der Waals surface area contributed by atoms with Crippen molar-refractivity contribution >= 4 is 0 Å². The SMILES string of the molecule is CCCO[C@@H]1C[C@@H](c2nc(-c3cn[nH]c3C)nn2C(C)(C)C)CC[C@H]1N. The number of aromatic amines is 1. The van der Waals surface area contributed by atoms with Crippen molar-refractivity contribution in [2.24, 2.45) is 5.73 Å². The fraction of sp³-hybridized carbons (Fsp3) is 0.737. The van der Waals surface area contributed by atoms with Gasteiger partial charge in [0.2, 0.25) is 0 Å². The molecule has 1 fully saturated rings. The lowest BCUT2D eigenvalue weighted by atomic mass is 9.83. The number of nitrogens with zero attached hydrogens (tertiary/aromatic N) is 4. The maximum atomic E-state index is 6.31. The summed E-state index contributed by atoms with van der Waals surface area (Å²) in [6.45, 7) is 11.4. The van der Waals surface area contributed by atoms with Crippen LogP contribution in [0, 0.1) is 6.92 Å². The smallest absolute Gasteiger partial charge is 0.184 e. The van der Waals surface area contributed by atoms with E-state index in [-0.39, 0.29) is 17.7 Å². The van der Waals surface area contributed by atoms with Gasteiger partial charge in [-0.05, 0) is 53.4 Å². The highest BCUT2D eigenvalue weighted by Gasteiger charge is 2.34. The zero-order valence-corrected chi connectivity index (χ0v) is 16.6. The molecule has 0 amide bonds. The van der Waals surface area contributed by atoms with E-state index in [4.69, 9.17) is 20.6 Å². The predicted octanol–water partition coefficient (Wildman–Crippen LogP) is 3.12. The van der Waals surface area contributed by atoms with E-state index < -0.39 is 0 Å². The molecule has 144 valence electrons. The van der Waals surface area contributed by atoms with Gasteiger partial charge in [0.15, 0.2) is 5.82 Å². The van der Waals surface area contributed by atoms with Gasteiger partial charge in [0, 0.05) is 24.3 Å². The van der Waals surface area contributed by atoms with Crippen molar-refractivity contribution in [1.29, 1.82) is 0 Å². The summed E-state index contributed by atoms with van der Waals surface area (Å²) in [7, 11) is 0. The molecule has 1 aliphatic rings. The van der Waals surface area contributed by atoms with E-state index >= 15 is 0 Å². The summed E-state index contributed by atoms with van der Waals surface area (Å²) in [6, 6.07) is 0.111. The Bertz CT molecular complexity index is 729. The Kier molecular flexibility index (Phi) is 5.48. The number of hydrogen-bond donors (Lipinski definition) is 2. The molecule has 0 saturated heterocycles. The molecular formula is C19H32N6O. The number of aryl methyl sites for hydroxylation is 1. The molecule has 1 saturated carbocycles. The molecule has 0 bridgehead atoms. The van der Waals surface area contributed by atoms with Crippen LogP contribution in [0.15, 0.2) is 6.20 Å². The molecule has 7 heteroatoms. The fourth-order valence-corrected chi connectivity index (χ4v) is 3.62. The third-order valence-corrected chi connectivity index (χ3v) is 5.08. The molecule has 3 atom stereocenters. The number of hydrogen-bond acceptors (Lipinski definition) is 5. The van der Waals surface area contributed by atoms with Crippen molar-refractivity contribution in [3.05, 3.63) is 17.7 Å². The molecule has 0 unspecified atom stereocenters. The van der Waals surface area contributed by atoms with Crippen molar-refractivity contribution in [1.82, 2.24) is 25.0 Å². The van der Waals surface area contributed by atoms with Crippen LogP contribution < -0.4 is 5.73 Å². The number of H-pyrrole nitrogens is 1. The van der Waals surface area contributed by atoms with Gasteiger partial charge >= 0.3 is 0 Å². The number of nitrogens with one attached hydrogen (secondary N) is 1. The Morgan fingerprint density at radius 1 is 1.35 bits per heavy atom. The molecule has 0 aliphatic heterocycles. The van der Waals surface area contributed by atoms with Crippen LogP contribution >= 0.6 is 0 Å². The first-order valence-electron chi connectivity index (χ1n) is 9.66. The highest BCUT2D eigenvalue weighted by atomic mass is 16.5. The normalized spacial score (nSPS) is 24.2. The van der Waals surface area contributed by atoms with Gasteiger partial charge < -0.3 is 10.5 Å². The Labute approximate surface area is 155 Å². The molecule has 3 rings (SSSR count). The Hall–Kier alpha value is -1.73. The summed E-state index contributed by atoms with van der Waals surface area (Å²) in [5.41, 5.74) is 8.11. The zero-order chi connectivity index (χ0) is 18.9. The standard InChI is InChI=1S/C19H32N6O/c1-6-9-26-16-10-13(7-8-15(16)20)18-22-17(14-11-21-23-12(14)2)24-25(18)19(3,4)5/h11,13,15-16H,6-10,20H2,1-5H3,(H,21,23)/t13-,15+,16+/m0/s1. The van der Waals surface area contributed by atoms with E-state index in [1.165, 1.54) is 0 Å². The third kappa shape index (κ3) is 3.83. The molecule has 2 heterocycles. The Morgan fingerprint density at radius 2 is 2.12 bits per heavy atom. The Morgan fingerprint density at radius 3 is 2.73 bits per heavy atom. The molecular weight excluding hydrogens is 328 g/mol. The average molecular weight is 361 g/mol. The lowest BCUT2D eigenvalue weighted by molar-refractivity contribution is 0.00822. The first-order chi connectivity index (χ1) is 12.3. The van der Waals surface area contributed by atoms with Crippen LogP contribution in [0.1, 0.15) is 70.8 Å². The van der Waals surface area contributed by atoms with Crippen molar-refractivity contribution in [2.75, 3.05) is 6.61 Å². The number of ether oxygens (including phenoxy) is 1. The first kappa shape index (κ1) is 19.0. The van der Waals surface area contributed by atoms with Crippen molar-refractivity contribution in [3.63, 3.8) is 0 Å². The molecule has 0 spiro atoms. The molecule has 3 N–H and O–H groups in total. The zero-order valence-electron chi connectivity index (χ0n) is 16.6. The minimum absolute atomic E-state index is 0.0953. The minimum Gasteiger partial charge on any atom is -0.377 e. The summed E-state index contributed by atoms with van der Waals surface area (Å²) in [6.07, 6.45) is 5.78. The van der Waals surface area contributed by atoms with Gasteiger partial charge in [-0.25, -0.2) is 9.67 Å². The van der Waals surface area contributed by atoms with Gasteiger partial charge in [-0.3, -0.25) is 5.10 Å². The first-order valence-corrected chi connectivity index (χ1v) is 9.66. The van der Waals surface area contributed by atoms with Crippen LogP contribution in [0.3, 0.4) is 0 Å². The van der Waals surface area contributed by atoms with Gasteiger partial charge in [0.25, 0.3) is 0 Å². The number of nitrogens with two attached hydrogens (primary N) is 1. The van der Waals surface area contributed by atoms with Crippen LogP contribution in [0.2, 0.25) is 0 Å². The summed E-state index contributed by atoms with van der Waals surface area (Å²) in [5.74, 6) is 2.08. The molecule has 7 nitrogen and oxygen atoms in total.